The lowest BCUT2D eigenvalue weighted by Gasteiger charge is -2.38. The molecule has 1 atom stereocenters. The molecule has 0 bridgehead atoms. The van der Waals surface area contributed by atoms with E-state index in [9.17, 15) is 4.79 Å². The molecule has 5 nitrogen and oxygen atoms in total. The second-order valence-electron chi connectivity index (χ2n) is 9.16. The first-order valence-electron chi connectivity index (χ1n) is 12.1. The Morgan fingerprint density at radius 2 is 1.76 bits per heavy atom. The van der Waals surface area contributed by atoms with Gasteiger partial charge in [0, 0.05) is 43.7 Å². The third-order valence-corrected chi connectivity index (χ3v) is 7.14. The van der Waals surface area contributed by atoms with Crippen LogP contribution in [0.4, 0.5) is 0 Å². The van der Waals surface area contributed by atoms with Gasteiger partial charge in [-0.15, -0.1) is 0 Å². The molecule has 4 rings (SSSR count). The van der Waals surface area contributed by atoms with Crippen LogP contribution in [0, 0.1) is 5.92 Å². The van der Waals surface area contributed by atoms with Gasteiger partial charge >= 0.3 is 0 Å². The average Bonchev–Trinajstić information content (AvgIpc) is 2.87. The van der Waals surface area contributed by atoms with E-state index in [1.807, 2.05) is 42.5 Å². The van der Waals surface area contributed by atoms with Crippen molar-refractivity contribution in [2.45, 2.75) is 44.8 Å². The third kappa shape index (κ3) is 6.72. The maximum Gasteiger partial charge on any atom is 0.225 e. The number of carbonyl (C=O) groups is 1. The van der Waals surface area contributed by atoms with Gasteiger partial charge < -0.3 is 14.4 Å². The second kappa shape index (κ2) is 11.9. The van der Waals surface area contributed by atoms with E-state index >= 15 is 0 Å². The summed E-state index contributed by atoms with van der Waals surface area (Å²) in [5, 5.41) is 0.722. The number of rotatable bonds is 8. The van der Waals surface area contributed by atoms with Gasteiger partial charge in [0.2, 0.25) is 5.91 Å². The van der Waals surface area contributed by atoms with Crippen molar-refractivity contribution in [1.82, 2.24) is 9.80 Å². The predicted octanol–water partition coefficient (Wildman–Crippen LogP) is 5.33. The molecule has 1 saturated heterocycles. The number of methoxy groups -OCH3 is 1. The third-order valence-electron chi connectivity index (χ3n) is 6.89. The molecule has 1 aliphatic heterocycles. The summed E-state index contributed by atoms with van der Waals surface area (Å²) in [7, 11) is 1.68. The molecule has 2 aliphatic rings. The van der Waals surface area contributed by atoms with Crippen molar-refractivity contribution in [3.8, 4) is 5.75 Å². The molecule has 1 aliphatic carbocycles. The molecule has 6 heteroatoms. The predicted molar refractivity (Wildman–Crippen MR) is 132 cm³/mol. The summed E-state index contributed by atoms with van der Waals surface area (Å²) >= 11 is 6.12. The highest BCUT2D eigenvalue weighted by atomic mass is 35.5. The highest BCUT2D eigenvalue weighted by Gasteiger charge is 2.29. The summed E-state index contributed by atoms with van der Waals surface area (Å²) in [5.74, 6) is 1.45. The molecular formula is C27H35ClN2O3. The molecule has 1 amide bonds. The Labute approximate surface area is 202 Å². The number of amides is 1. The van der Waals surface area contributed by atoms with Crippen LogP contribution >= 0.6 is 11.6 Å². The maximum atomic E-state index is 12.9. The molecule has 2 fully saturated rings. The van der Waals surface area contributed by atoms with Gasteiger partial charge in [-0.05, 0) is 48.2 Å². The Morgan fingerprint density at radius 1 is 1.03 bits per heavy atom. The molecule has 0 N–H and O–H groups in total. The van der Waals surface area contributed by atoms with Crippen molar-refractivity contribution >= 4 is 17.5 Å². The van der Waals surface area contributed by atoms with E-state index < -0.39 is 0 Å². The number of nitrogens with zero attached hydrogens (tertiary/aromatic N) is 2. The van der Waals surface area contributed by atoms with E-state index in [-0.39, 0.29) is 12.0 Å². The molecule has 0 radical (unpaired) electrons. The molecule has 0 unspecified atom stereocenters. The first-order valence-corrected chi connectivity index (χ1v) is 12.5. The zero-order valence-corrected chi connectivity index (χ0v) is 20.3. The number of benzene rings is 2. The summed E-state index contributed by atoms with van der Waals surface area (Å²) in [6.45, 7) is 4.66. The fraction of sp³-hybridized carbons (Fsp3) is 0.519. The van der Waals surface area contributed by atoms with E-state index in [0.717, 1.165) is 67.5 Å². The fourth-order valence-corrected chi connectivity index (χ4v) is 5.01. The van der Waals surface area contributed by atoms with Crippen molar-refractivity contribution in [2.75, 3.05) is 39.8 Å². The summed E-state index contributed by atoms with van der Waals surface area (Å²) in [4.78, 5) is 17.4. The highest BCUT2D eigenvalue weighted by molar-refractivity contribution is 6.30. The Morgan fingerprint density at radius 3 is 2.45 bits per heavy atom. The second-order valence-corrected chi connectivity index (χ2v) is 9.60. The quantitative estimate of drug-likeness (QED) is 0.522. The van der Waals surface area contributed by atoms with Gasteiger partial charge in [-0.2, -0.15) is 0 Å². The zero-order valence-electron chi connectivity index (χ0n) is 19.5. The van der Waals surface area contributed by atoms with Crippen molar-refractivity contribution in [3.05, 3.63) is 64.7 Å². The maximum absolute atomic E-state index is 12.9. The van der Waals surface area contributed by atoms with Gasteiger partial charge in [-0.3, -0.25) is 9.69 Å². The Hall–Kier alpha value is -2.08. The van der Waals surface area contributed by atoms with Crippen molar-refractivity contribution in [2.24, 2.45) is 5.92 Å². The van der Waals surface area contributed by atoms with Crippen LogP contribution in [0.5, 0.6) is 5.75 Å². The monoisotopic (exact) mass is 470 g/mol. The molecule has 1 heterocycles. The van der Waals surface area contributed by atoms with E-state index in [2.05, 4.69) is 15.9 Å². The largest absolute Gasteiger partial charge is 0.497 e. The van der Waals surface area contributed by atoms with Crippen LogP contribution < -0.4 is 4.74 Å². The number of halogens is 1. The van der Waals surface area contributed by atoms with Crippen LogP contribution in [0.3, 0.4) is 0 Å². The molecule has 178 valence electrons. The Kier molecular flexibility index (Phi) is 8.65. The minimum absolute atomic E-state index is 0.0749. The van der Waals surface area contributed by atoms with Crippen LogP contribution in [0.25, 0.3) is 0 Å². The zero-order chi connectivity index (χ0) is 23.0. The van der Waals surface area contributed by atoms with Crippen LogP contribution in [0.15, 0.2) is 48.5 Å². The first kappa shape index (κ1) is 24.1. The van der Waals surface area contributed by atoms with E-state index in [1.54, 1.807) is 7.11 Å². The molecule has 1 saturated carbocycles. The standard InChI is InChI=1S/C27H35ClN2O3/c1-32-25-9-5-6-21(18-25)20-33-26(22-10-12-24(28)13-11-22)19-29-14-16-30(17-15-29)27(31)23-7-3-2-4-8-23/h5-6,9-13,18,23,26H,2-4,7-8,14-17,19-20H2,1H3/t26-/m1/s1. The van der Waals surface area contributed by atoms with Gasteiger partial charge in [-0.1, -0.05) is 55.1 Å². The minimum Gasteiger partial charge on any atom is -0.497 e. The van der Waals surface area contributed by atoms with E-state index in [1.165, 1.54) is 19.3 Å². The smallest absolute Gasteiger partial charge is 0.225 e. The first-order chi connectivity index (χ1) is 16.1. The number of carbonyl (C=O) groups excluding carboxylic acids is 1. The molecule has 2 aromatic rings. The number of hydrogen-bond acceptors (Lipinski definition) is 4. The summed E-state index contributed by atoms with van der Waals surface area (Å²) < 4.78 is 11.7. The summed E-state index contributed by atoms with van der Waals surface area (Å²) in [6, 6.07) is 15.9. The van der Waals surface area contributed by atoms with Crippen molar-refractivity contribution < 1.29 is 14.3 Å². The lowest BCUT2D eigenvalue weighted by molar-refractivity contribution is -0.138. The fourth-order valence-electron chi connectivity index (χ4n) is 4.88. The molecule has 0 spiro atoms. The molecular weight excluding hydrogens is 436 g/mol. The average molecular weight is 471 g/mol. The molecule has 33 heavy (non-hydrogen) atoms. The topological polar surface area (TPSA) is 42.0 Å². The van der Waals surface area contributed by atoms with Crippen molar-refractivity contribution in [1.29, 1.82) is 0 Å². The number of hydrogen-bond donors (Lipinski definition) is 0. The summed E-state index contributed by atoms with van der Waals surface area (Å²) in [6.07, 6.45) is 5.73. The SMILES string of the molecule is COc1cccc(CO[C@H](CN2CCN(C(=O)C3CCCCC3)CC2)c2ccc(Cl)cc2)c1. The van der Waals surface area contributed by atoms with Gasteiger partial charge in [0.1, 0.15) is 5.75 Å². The number of piperazine rings is 1. The van der Waals surface area contributed by atoms with Crippen molar-refractivity contribution in [3.63, 3.8) is 0 Å². The van der Waals surface area contributed by atoms with Crippen LogP contribution in [-0.2, 0) is 16.1 Å². The number of ether oxygens (including phenoxy) is 2. The highest BCUT2D eigenvalue weighted by Crippen LogP contribution is 2.27. The lowest BCUT2D eigenvalue weighted by atomic mass is 9.88. The van der Waals surface area contributed by atoms with Crippen LogP contribution in [-0.4, -0.2) is 55.5 Å². The van der Waals surface area contributed by atoms with Gasteiger partial charge in [0.15, 0.2) is 0 Å². The Bertz CT molecular complexity index is 890. The molecule has 2 aromatic carbocycles. The van der Waals surface area contributed by atoms with E-state index in [4.69, 9.17) is 21.1 Å². The molecule has 0 aromatic heterocycles. The van der Waals surface area contributed by atoms with Gasteiger partial charge in [-0.25, -0.2) is 0 Å². The van der Waals surface area contributed by atoms with Gasteiger partial charge in [0.05, 0.1) is 19.8 Å². The minimum atomic E-state index is -0.0749. The van der Waals surface area contributed by atoms with Crippen LogP contribution in [0.2, 0.25) is 5.02 Å². The van der Waals surface area contributed by atoms with Gasteiger partial charge in [0.25, 0.3) is 0 Å². The van der Waals surface area contributed by atoms with E-state index in [0.29, 0.717) is 12.5 Å². The summed E-state index contributed by atoms with van der Waals surface area (Å²) in [5.41, 5.74) is 2.19. The Balaban J connectivity index is 1.36. The van der Waals surface area contributed by atoms with Crippen LogP contribution in [0.1, 0.15) is 49.3 Å². The normalized spacial score (nSPS) is 18.8. The lowest BCUT2D eigenvalue weighted by Crippen LogP contribution is -2.51.